The van der Waals surface area contributed by atoms with Crippen molar-refractivity contribution in [1.29, 1.82) is 0 Å². The van der Waals surface area contributed by atoms with Crippen molar-refractivity contribution in [3.8, 4) is 0 Å². The molecule has 0 fully saturated rings. The zero-order valence-electron chi connectivity index (χ0n) is 14.9. The molecule has 0 saturated heterocycles. The van der Waals surface area contributed by atoms with E-state index in [1.54, 1.807) is 29.0 Å². The Hall–Kier alpha value is -2.22. The summed E-state index contributed by atoms with van der Waals surface area (Å²) in [6.45, 7) is 4.74. The molecule has 0 bridgehead atoms. The number of carbonyl (C=O) groups excluding carboxylic acids is 1. The molecule has 0 spiro atoms. The van der Waals surface area contributed by atoms with Crippen LogP contribution in [0.4, 0.5) is 0 Å². The van der Waals surface area contributed by atoms with Crippen LogP contribution in [0.15, 0.2) is 58.0 Å². The average molecular weight is 412 g/mol. The summed E-state index contributed by atoms with van der Waals surface area (Å²) < 4.78 is 0. The molecule has 7 heteroatoms. The van der Waals surface area contributed by atoms with Crippen LogP contribution in [0, 0.1) is 13.8 Å². The number of rotatable bonds is 5. The standard InChI is InChI=1S/C20H17N3OS3/c1-12-13(2)26-19-17(12)20(23-11-22-19)27-16-8-4-3-7-15(16)18(24)21-10-14-6-5-9-25-14/h3-9,11H,10H2,1-2H3,(H,21,24). The third kappa shape index (κ3) is 3.76. The number of nitrogens with zero attached hydrogens (tertiary/aromatic N) is 2. The Kier molecular flexibility index (Phi) is 5.24. The molecular formula is C20H17N3OS3. The molecule has 3 aromatic heterocycles. The van der Waals surface area contributed by atoms with Crippen LogP contribution in [0.3, 0.4) is 0 Å². The monoisotopic (exact) mass is 411 g/mol. The highest BCUT2D eigenvalue weighted by Gasteiger charge is 2.17. The summed E-state index contributed by atoms with van der Waals surface area (Å²) in [6.07, 6.45) is 1.60. The lowest BCUT2D eigenvalue weighted by Crippen LogP contribution is -2.22. The van der Waals surface area contributed by atoms with E-state index in [1.165, 1.54) is 22.2 Å². The van der Waals surface area contributed by atoms with Crippen molar-refractivity contribution in [2.75, 3.05) is 0 Å². The Morgan fingerprint density at radius 1 is 1.15 bits per heavy atom. The van der Waals surface area contributed by atoms with Crippen LogP contribution in [0.2, 0.25) is 0 Å². The van der Waals surface area contributed by atoms with Gasteiger partial charge in [-0.1, -0.05) is 30.0 Å². The number of benzene rings is 1. The van der Waals surface area contributed by atoms with E-state index in [-0.39, 0.29) is 5.91 Å². The Morgan fingerprint density at radius 3 is 2.81 bits per heavy atom. The van der Waals surface area contributed by atoms with Gasteiger partial charge in [0.05, 0.1) is 12.1 Å². The lowest BCUT2D eigenvalue weighted by atomic mass is 10.2. The molecule has 0 unspecified atom stereocenters. The first-order chi connectivity index (χ1) is 13.1. The van der Waals surface area contributed by atoms with Gasteiger partial charge in [-0.15, -0.1) is 22.7 Å². The number of amides is 1. The first-order valence-electron chi connectivity index (χ1n) is 8.41. The van der Waals surface area contributed by atoms with Crippen molar-refractivity contribution in [2.45, 2.75) is 30.3 Å². The largest absolute Gasteiger partial charge is 0.347 e. The molecular weight excluding hydrogens is 394 g/mol. The van der Waals surface area contributed by atoms with Gasteiger partial charge in [-0.25, -0.2) is 9.97 Å². The van der Waals surface area contributed by atoms with Crippen LogP contribution >= 0.6 is 34.4 Å². The van der Waals surface area contributed by atoms with E-state index < -0.39 is 0 Å². The molecule has 0 radical (unpaired) electrons. The summed E-state index contributed by atoms with van der Waals surface area (Å²) in [7, 11) is 0. The maximum atomic E-state index is 12.7. The summed E-state index contributed by atoms with van der Waals surface area (Å²) in [5.41, 5.74) is 1.87. The van der Waals surface area contributed by atoms with E-state index in [4.69, 9.17) is 0 Å². The van der Waals surface area contributed by atoms with Crippen molar-refractivity contribution in [3.05, 3.63) is 69.0 Å². The predicted molar refractivity (Wildman–Crippen MR) is 113 cm³/mol. The van der Waals surface area contributed by atoms with Crippen LogP contribution in [-0.4, -0.2) is 15.9 Å². The molecule has 0 aliphatic heterocycles. The van der Waals surface area contributed by atoms with Crippen LogP contribution in [0.5, 0.6) is 0 Å². The predicted octanol–water partition coefficient (Wildman–Crippen LogP) is 5.45. The highest BCUT2D eigenvalue weighted by molar-refractivity contribution is 7.99. The van der Waals surface area contributed by atoms with Gasteiger partial charge in [0.2, 0.25) is 0 Å². The molecule has 1 aromatic carbocycles. The molecule has 4 rings (SSSR count). The Morgan fingerprint density at radius 2 is 2.00 bits per heavy atom. The third-order valence-electron chi connectivity index (χ3n) is 4.27. The number of thiophene rings is 2. The van der Waals surface area contributed by atoms with Crippen LogP contribution in [0.1, 0.15) is 25.7 Å². The molecule has 1 N–H and O–H groups in total. The molecule has 136 valence electrons. The molecule has 0 saturated carbocycles. The van der Waals surface area contributed by atoms with Crippen molar-refractivity contribution in [2.24, 2.45) is 0 Å². The fourth-order valence-corrected chi connectivity index (χ4v) is 5.53. The topological polar surface area (TPSA) is 54.9 Å². The van der Waals surface area contributed by atoms with Crippen LogP contribution < -0.4 is 5.32 Å². The highest BCUT2D eigenvalue weighted by Crippen LogP contribution is 2.38. The minimum atomic E-state index is -0.0741. The molecule has 4 nitrogen and oxygen atoms in total. The summed E-state index contributed by atoms with van der Waals surface area (Å²) in [6, 6.07) is 11.7. The third-order valence-corrected chi connectivity index (χ3v) is 7.34. The maximum absolute atomic E-state index is 12.7. The summed E-state index contributed by atoms with van der Waals surface area (Å²) in [5.74, 6) is -0.0741. The zero-order valence-corrected chi connectivity index (χ0v) is 17.3. The Labute approximate surface area is 169 Å². The van der Waals surface area contributed by atoms with E-state index in [0.29, 0.717) is 12.1 Å². The van der Waals surface area contributed by atoms with Gasteiger partial charge in [0.25, 0.3) is 5.91 Å². The molecule has 0 atom stereocenters. The van der Waals surface area contributed by atoms with Gasteiger partial charge < -0.3 is 5.32 Å². The van der Waals surface area contributed by atoms with E-state index >= 15 is 0 Å². The van der Waals surface area contributed by atoms with Gasteiger partial charge in [-0.3, -0.25) is 4.79 Å². The SMILES string of the molecule is Cc1sc2ncnc(Sc3ccccc3C(=O)NCc3cccs3)c2c1C. The fraction of sp³-hybridized carbons (Fsp3) is 0.150. The number of hydrogen-bond donors (Lipinski definition) is 1. The minimum absolute atomic E-state index is 0.0741. The second kappa shape index (κ2) is 7.80. The van der Waals surface area contributed by atoms with Gasteiger partial charge >= 0.3 is 0 Å². The number of nitrogens with one attached hydrogen (secondary N) is 1. The van der Waals surface area contributed by atoms with Crippen molar-refractivity contribution in [3.63, 3.8) is 0 Å². The van der Waals surface area contributed by atoms with Gasteiger partial charge in [0.1, 0.15) is 16.2 Å². The van der Waals surface area contributed by atoms with E-state index in [0.717, 1.165) is 25.0 Å². The second-order valence-corrected chi connectivity index (χ2v) is 9.27. The van der Waals surface area contributed by atoms with Gasteiger partial charge in [0, 0.05) is 20.0 Å². The van der Waals surface area contributed by atoms with E-state index in [2.05, 4.69) is 29.1 Å². The zero-order chi connectivity index (χ0) is 18.8. The van der Waals surface area contributed by atoms with Crippen molar-refractivity contribution in [1.82, 2.24) is 15.3 Å². The van der Waals surface area contributed by atoms with Crippen molar-refractivity contribution < 1.29 is 4.79 Å². The normalized spacial score (nSPS) is 11.0. The van der Waals surface area contributed by atoms with Crippen LogP contribution in [-0.2, 0) is 6.54 Å². The summed E-state index contributed by atoms with van der Waals surface area (Å²) >= 11 is 4.83. The average Bonchev–Trinajstić information content (AvgIpc) is 3.29. The molecule has 1 amide bonds. The number of carbonyl (C=O) groups is 1. The Balaban J connectivity index is 1.63. The molecule has 0 aliphatic carbocycles. The van der Waals surface area contributed by atoms with Gasteiger partial charge in [-0.05, 0) is 43.0 Å². The smallest absolute Gasteiger partial charge is 0.252 e. The molecule has 3 heterocycles. The first kappa shape index (κ1) is 18.2. The minimum Gasteiger partial charge on any atom is -0.347 e. The molecule has 4 aromatic rings. The number of aryl methyl sites for hydroxylation is 2. The first-order valence-corrected chi connectivity index (χ1v) is 10.9. The summed E-state index contributed by atoms with van der Waals surface area (Å²) in [5, 5.41) is 6.99. The fourth-order valence-electron chi connectivity index (χ4n) is 2.75. The number of aromatic nitrogens is 2. The quantitative estimate of drug-likeness (QED) is 0.444. The van der Waals surface area contributed by atoms with Crippen molar-refractivity contribution >= 4 is 50.6 Å². The molecule has 27 heavy (non-hydrogen) atoms. The number of hydrogen-bond acceptors (Lipinski definition) is 6. The summed E-state index contributed by atoms with van der Waals surface area (Å²) in [4.78, 5) is 25.9. The lowest BCUT2D eigenvalue weighted by Gasteiger charge is -2.10. The highest BCUT2D eigenvalue weighted by atomic mass is 32.2. The Bertz CT molecular complexity index is 1100. The van der Waals surface area contributed by atoms with E-state index in [9.17, 15) is 4.79 Å². The van der Waals surface area contributed by atoms with Gasteiger partial charge in [-0.2, -0.15) is 0 Å². The van der Waals surface area contributed by atoms with Gasteiger partial charge in [0.15, 0.2) is 0 Å². The number of fused-ring (bicyclic) bond motifs is 1. The molecule has 0 aliphatic rings. The second-order valence-electron chi connectivity index (χ2n) is 6.00. The van der Waals surface area contributed by atoms with Crippen LogP contribution in [0.25, 0.3) is 10.2 Å². The van der Waals surface area contributed by atoms with E-state index in [1.807, 2.05) is 41.8 Å². The maximum Gasteiger partial charge on any atom is 0.252 e. The lowest BCUT2D eigenvalue weighted by molar-refractivity contribution is 0.0948.